The standard InChI is InChI=1S/C13H24O2/c1-4-13(5-2,15-3)12(14)10-11-8-6-7-9-11/h11H,4-10H2,1-3H3. The van der Waals surface area contributed by atoms with E-state index in [9.17, 15) is 4.79 Å². The molecule has 0 saturated heterocycles. The van der Waals surface area contributed by atoms with Crippen molar-refractivity contribution in [2.45, 2.75) is 64.4 Å². The average molecular weight is 212 g/mol. The molecule has 0 amide bonds. The predicted octanol–water partition coefficient (Wildman–Crippen LogP) is 3.34. The lowest BCUT2D eigenvalue weighted by molar-refractivity contribution is -0.143. The van der Waals surface area contributed by atoms with Gasteiger partial charge in [-0.3, -0.25) is 4.79 Å². The second kappa shape index (κ2) is 5.64. The van der Waals surface area contributed by atoms with Crippen molar-refractivity contribution in [3.05, 3.63) is 0 Å². The van der Waals surface area contributed by atoms with Crippen LogP contribution < -0.4 is 0 Å². The molecule has 0 unspecified atom stereocenters. The Morgan fingerprint density at radius 2 is 1.80 bits per heavy atom. The van der Waals surface area contributed by atoms with E-state index in [1.807, 2.05) is 13.8 Å². The number of carbonyl (C=O) groups excluding carboxylic acids is 1. The highest BCUT2D eigenvalue weighted by atomic mass is 16.5. The van der Waals surface area contributed by atoms with E-state index in [1.54, 1.807) is 7.11 Å². The van der Waals surface area contributed by atoms with Crippen LogP contribution in [0.15, 0.2) is 0 Å². The molecule has 1 saturated carbocycles. The van der Waals surface area contributed by atoms with Crippen LogP contribution in [0.1, 0.15) is 58.8 Å². The molecule has 0 heterocycles. The Balaban J connectivity index is 2.55. The first kappa shape index (κ1) is 12.7. The SMILES string of the molecule is CCC(CC)(OC)C(=O)CC1CCCC1. The third-order valence-corrected chi connectivity index (χ3v) is 3.99. The van der Waals surface area contributed by atoms with Gasteiger partial charge in [-0.05, 0) is 18.8 Å². The van der Waals surface area contributed by atoms with Crippen molar-refractivity contribution in [1.29, 1.82) is 0 Å². The molecule has 0 aromatic carbocycles. The second-order valence-corrected chi connectivity index (χ2v) is 4.68. The zero-order chi connectivity index (χ0) is 11.3. The maximum absolute atomic E-state index is 12.2. The Labute approximate surface area is 93.4 Å². The average Bonchev–Trinajstić information content (AvgIpc) is 2.74. The summed E-state index contributed by atoms with van der Waals surface area (Å²) in [5.41, 5.74) is -0.497. The summed E-state index contributed by atoms with van der Waals surface area (Å²) in [4.78, 5) is 12.2. The Morgan fingerprint density at radius 3 is 2.20 bits per heavy atom. The highest BCUT2D eigenvalue weighted by Crippen LogP contribution is 2.31. The highest BCUT2D eigenvalue weighted by molar-refractivity contribution is 5.87. The first-order valence-electron chi connectivity index (χ1n) is 6.27. The Bertz CT molecular complexity index is 192. The number of hydrogen-bond acceptors (Lipinski definition) is 2. The molecule has 1 aliphatic rings. The fourth-order valence-electron chi connectivity index (χ4n) is 2.71. The molecular weight excluding hydrogens is 188 g/mol. The summed E-state index contributed by atoms with van der Waals surface area (Å²) in [6.07, 6.45) is 7.40. The van der Waals surface area contributed by atoms with Crippen LogP contribution in [0.25, 0.3) is 0 Å². The van der Waals surface area contributed by atoms with Gasteiger partial charge in [0.1, 0.15) is 5.60 Å². The van der Waals surface area contributed by atoms with E-state index in [-0.39, 0.29) is 0 Å². The quantitative estimate of drug-likeness (QED) is 0.675. The summed E-state index contributed by atoms with van der Waals surface area (Å²) < 4.78 is 5.46. The van der Waals surface area contributed by atoms with Crippen LogP contribution in [0.2, 0.25) is 0 Å². The van der Waals surface area contributed by atoms with Crippen LogP contribution in [-0.2, 0) is 9.53 Å². The highest BCUT2D eigenvalue weighted by Gasteiger charge is 2.35. The number of carbonyl (C=O) groups is 1. The second-order valence-electron chi connectivity index (χ2n) is 4.68. The maximum atomic E-state index is 12.2. The van der Waals surface area contributed by atoms with Gasteiger partial charge in [-0.1, -0.05) is 39.5 Å². The van der Waals surface area contributed by atoms with Crippen molar-refractivity contribution in [2.75, 3.05) is 7.11 Å². The first-order valence-corrected chi connectivity index (χ1v) is 6.27. The molecule has 1 rings (SSSR count). The Kier molecular flexibility index (Phi) is 4.78. The van der Waals surface area contributed by atoms with E-state index in [4.69, 9.17) is 4.74 Å². The minimum atomic E-state index is -0.497. The van der Waals surface area contributed by atoms with E-state index in [0.29, 0.717) is 11.7 Å². The van der Waals surface area contributed by atoms with Crippen molar-refractivity contribution < 1.29 is 9.53 Å². The van der Waals surface area contributed by atoms with Gasteiger partial charge in [0, 0.05) is 13.5 Å². The van der Waals surface area contributed by atoms with Crippen LogP contribution >= 0.6 is 0 Å². The van der Waals surface area contributed by atoms with Gasteiger partial charge in [-0.25, -0.2) is 0 Å². The normalized spacial score (nSPS) is 18.3. The van der Waals surface area contributed by atoms with Crippen molar-refractivity contribution in [1.82, 2.24) is 0 Å². The van der Waals surface area contributed by atoms with Crippen molar-refractivity contribution in [3.63, 3.8) is 0 Å². The molecule has 0 atom stereocenters. The minimum absolute atomic E-state index is 0.321. The fraction of sp³-hybridized carbons (Fsp3) is 0.923. The molecule has 0 aromatic rings. The molecule has 0 spiro atoms. The van der Waals surface area contributed by atoms with Crippen LogP contribution in [0.3, 0.4) is 0 Å². The minimum Gasteiger partial charge on any atom is -0.370 e. The van der Waals surface area contributed by atoms with E-state index in [2.05, 4.69) is 0 Å². The molecule has 0 radical (unpaired) electrons. The third-order valence-electron chi connectivity index (χ3n) is 3.99. The van der Waals surface area contributed by atoms with Crippen molar-refractivity contribution in [2.24, 2.45) is 5.92 Å². The topological polar surface area (TPSA) is 26.3 Å². The van der Waals surface area contributed by atoms with E-state index >= 15 is 0 Å². The van der Waals surface area contributed by atoms with Gasteiger partial charge in [0.2, 0.25) is 0 Å². The van der Waals surface area contributed by atoms with Crippen LogP contribution in [-0.4, -0.2) is 18.5 Å². The lowest BCUT2D eigenvalue weighted by Crippen LogP contribution is -2.40. The molecule has 0 aliphatic heterocycles. The molecular formula is C13H24O2. The first-order chi connectivity index (χ1) is 7.18. The zero-order valence-electron chi connectivity index (χ0n) is 10.3. The van der Waals surface area contributed by atoms with Gasteiger partial charge in [0.05, 0.1) is 0 Å². The third kappa shape index (κ3) is 2.81. The fourth-order valence-corrected chi connectivity index (χ4v) is 2.71. The van der Waals surface area contributed by atoms with Gasteiger partial charge >= 0.3 is 0 Å². The smallest absolute Gasteiger partial charge is 0.164 e. The summed E-state index contributed by atoms with van der Waals surface area (Å²) in [5.74, 6) is 0.951. The predicted molar refractivity (Wildman–Crippen MR) is 61.9 cm³/mol. The van der Waals surface area contributed by atoms with Crippen LogP contribution in [0.5, 0.6) is 0 Å². The Morgan fingerprint density at radius 1 is 1.27 bits per heavy atom. The van der Waals surface area contributed by atoms with E-state index in [1.165, 1.54) is 25.7 Å². The maximum Gasteiger partial charge on any atom is 0.164 e. The van der Waals surface area contributed by atoms with E-state index < -0.39 is 5.60 Å². The number of hydrogen-bond donors (Lipinski definition) is 0. The Hall–Kier alpha value is -0.370. The molecule has 2 nitrogen and oxygen atoms in total. The summed E-state index contributed by atoms with van der Waals surface area (Å²) in [5, 5.41) is 0. The number of ether oxygens (including phenoxy) is 1. The number of rotatable bonds is 6. The molecule has 88 valence electrons. The molecule has 0 N–H and O–H groups in total. The van der Waals surface area contributed by atoms with Crippen LogP contribution in [0, 0.1) is 5.92 Å². The van der Waals surface area contributed by atoms with E-state index in [0.717, 1.165) is 19.3 Å². The summed E-state index contributed by atoms with van der Waals surface area (Å²) in [6.45, 7) is 4.08. The van der Waals surface area contributed by atoms with Crippen molar-refractivity contribution in [3.8, 4) is 0 Å². The lowest BCUT2D eigenvalue weighted by atomic mass is 9.86. The number of ketones is 1. The molecule has 1 fully saturated rings. The monoisotopic (exact) mass is 212 g/mol. The molecule has 2 heteroatoms. The summed E-state index contributed by atoms with van der Waals surface area (Å²) >= 11 is 0. The molecule has 15 heavy (non-hydrogen) atoms. The molecule has 1 aliphatic carbocycles. The van der Waals surface area contributed by atoms with Gasteiger partial charge in [0.15, 0.2) is 5.78 Å². The number of methoxy groups -OCH3 is 1. The number of Topliss-reactive ketones (excluding diaryl/α,β-unsaturated/α-hetero) is 1. The summed E-state index contributed by atoms with van der Waals surface area (Å²) in [6, 6.07) is 0. The molecule has 0 bridgehead atoms. The zero-order valence-corrected chi connectivity index (χ0v) is 10.3. The molecule has 0 aromatic heterocycles. The largest absolute Gasteiger partial charge is 0.370 e. The summed E-state index contributed by atoms with van der Waals surface area (Å²) in [7, 11) is 1.67. The lowest BCUT2D eigenvalue weighted by Gasteiger charge is -2.29. The van der Waals surface area contributed by atoms with Gasteiger partial charge < -0.3 is 4.74 Å². The van der Waals surface area contributed by atoms with Gasteiger partial charge in [-0.2, -0.15) is 0 Å². The van der Waals surface area contributed by atoms with Crippen LogP contribution in [0.4, 0.5) is 0 Å². The van der Waals surface area contributed by atoms with Crippen molar-refractivity contribution >= 4 is 5.78 Å². The van der Waals surface area contributed by atoms with Gasteiger partial charge in [-0.15, -0.1) is 0 Å². The van der Waals surface area contributed by atoms with Gasteiger partial charge in [0.25, 0.3) is 0 Å².